The molecule has 1 fully saturated rings. The van der Waals surface area contributed by atoms with Crippen molar-refractivity contribution in [1.82, 2.24) is 4.90 Å². The lowest BCUT2D eigenvalue weighted by Crippen LogP contribution is -2.50. The van der Waals surface area contributed by atoms with Gasteiger partial charge in [-0.15, -0.1) is 0 Å². The van der Waals surface area contributed by atoms with Crippen molar-refractivity contribution in [3.05, 3.63) is 0 Å². The molecule has 19 heavy (non-hydrogen) atoms. The SMILES string of the molecule is CCCC(CCN)CCC(=O)N1CC(CC(=O)O)C1. The second-order valence-electron chi connectivity index (χ2n) is 5.53. The summed E-state index contributed by atoms with van der Waals surface area (Å²) in [4.78, 5) is 24.2. The summed E-state index contributed by atoms with van der Waals surface area (Å²) in [6, 6.07) is 0. The molecule has 5 nitrogen and oxygen atoms in total. The van der Waals surface area contributed by atoms with Crippen LogP contribution in [0.5, 0.6) is 0 Å². The lowest BCUT2D eigenvalue weighted by Gasteiger charge is -2.38. The van der Waals surface area contributed by atoms with Crippen molar-refractivity contribution < 1.29 is 14.7 Å². The van der Waals surface area contributed by atoms with Gasteiger partial charge < -0.3 is 15.7 Å². The molecule has 0 aromatic rings. The summed E-state index contributed by atoms with van der Waals surface area (Å²) >= 11 is 0. The molecule has 0 saturated carbocycles. The fourth-order valence-corrected chi connectivity index (χ4v) is 2.71. The molecule has 5 heteroatoms. The number of carboxylic acids is 1. The first-order valence-corrected chi connectivity index (χ1v) is 7.26. The summed E-state index contributed by atoms with van der Waals surface area (Å²) in [5.74, 6) is 0.0924. The van der Waals surface area contributed by atoms with Gasteiger partial charge in [-0.2, -0.15) is 0 Å². The van der Waals surface area contributed by atoms with Crippen LogP contribution in [0.1, 0.15) is 45.4 Å². The van der Waals surface area contributed by atoms with Gasteiger partial charge in [-0.25, -0.2) is 0 Å². The predicted octanol–water partition coefficient (Wildman–Crippen LogP) is 1.46. The number of rotatable bonds is 9. The van der Waals surface area contributed by atoms with Crippen LogP contribution in [0.3, 0.4) is 0 Å². The van der Waals surface area contributed by atoms with E-state index in [1.807, 2.05) is 0 Å². The number of likely N-dealkylation sites (tertiary alicyclic amines) is 1. The van der Waals surface area contributed by atoms with E-state index < -0.39 is 5.97 Å². The van der Waals surface area contributed by atoms with Crippen LogP contribution in [-0.4, -0.2) is 41.5 Å². The minimum absolute atomic E-state index is 0.150. The largest absolute Gasteiger partial charge is 0.481 e. The van der Waals surface area contributed by atoms with Gasteiger partial charge in [0.15, 0.2) is 0 Å². The van der Waals surface area contributed by atoms with E-state index >= 15 is 0 Å². The van der Waals surface area contributed by atoms with Crippen molar-refractivity contribution in [3.8, 4) is 0 Å². The van der Waals surface area contributed by atoms with Crippen molar-refractivity contribution in [2.45, 2.75) is 45.4 Å². The molecule has 0 bridgehead atoms. The maximum Gasteiger partial charge on any atom is 0.303 e. The second-order valence-corrected chi connectivity index (χ2v) is 5.53. The molecule has 3 N–H and O–H groups in total. The molecule has 1 atom stereocenters. The first kappa shape index (κ1) is 16.0. The highest BCUT2D eigenvalue weighted by molar-refractivity contribution is 5.77. The number of nitrogens with two attached hydrogens (primary N) is 1. The number of hydrogen-bond acceptors (Lipinski definition) is 3. The Balaban J connectivity index is 2.19. The van der Waals surface area contributed by atoms with Crippen molar-refractivity contribution in [2.24, 2.45) is 17.6 Å². The molecule has 0 aromatic heterocycles. The van der Waals surface area contributed by atoms with Crippen molar-refractivity contribution in [3.63, 3.8) is 0 Å². The van der Waals surface area contributed by atoms with Crippen LogP contribution < -0.4 is 5.73 Å². The molecule has 0 radical (unpaired) electrons. The summed E-state index contributed by atoms with van der Waals surface area (Å²) in [6.07, 6.45) is 4.90. The number of hydrogen-bond donors (Lipinski definition) is 2. The van der Waals surface area contributed by atoms with Crippen LogP contribution in [0.2, 0.25) is 0 Å². The van der Waals surface area contributed by atoms with Crippen LogP contribution in [-0.2, 0) is 9.59 Å². The molecule has 1 aliphatic heterocycles. The van der Waals surface area contributed by atoms with Gasteiger partial charge in [0.2, 0.25) is 5.91 Å². The first-order chi connectivity index (χ1) is 9.06. The minimum atomic E-state index is -0.775. The van der Waals surface area contributed by atoms with Gasteiger partial charge >= 0.3 is 5.97 Å². The Morgan fingerprint density at radius 1 is 1.32 bits per heavy atom. The van der Waals surface area contributed by atoms with Crippen LogP contribution in [0, 0.1) is 11.8 Å². The highest BCUT2D eigenvalue weighted by atomic mass is 16.4. The molecule has 1 saturated heterocycles. The van der Waals surface area contributed by atoms with Gasteiger partial charge in [-0.05, 0) is 25.3 Å². The highest BCUT2D eigenvalue weighted by Gasteiger charge is 2.31. The average Bonchev–Trinajstić information content (AvgIpc) is 2.30. The Bertz CT molecular complexity index is 295. The molecule has 1 aliphatic rings. The van der Waals surface area contributed by atoms with Gasteiger partial charge in [0, 0.05) is 25.4 Å². The Labute approximate surface area is 115 Å². The molecule has 1 amide bonds. The molecule has 0 aliphatic carbocycles. The van der Waals surface area contributed by atoms with E-state index in [0.29, 0.717) is 32.0 Å². The zero-order chi connectivity index (χ0) is 14.3. The molecular weight excluding hydrogens is 244 g/mol. The third-order valence-corrected chi connectivity index (χ3v) is 3.81. The third-order valence-electron chi connectivity index (χ3n) is 3.81. The van der Waals surface area contributed by atoms with Crippen molar-refractivity contribution in [1.29, 1.82) is 0 Å². The lowest BCUT2D eigenvalue weighted by atomic mass is 9.92. The zero-order valence-electron chi connectivity index (χ0n) is 11.8. The van der Waals surface area contributed by atoms with Crippen LogP contribution >= 0.6 is 0 Å². The van der Waals surface area contributed by atoms with Gasteiger partial charge in [0.05, 0.1) is 6.42 Å². The van der Waals surface area contributed by atoms with E-state index in [1.54, 1.807) is 4.90 Å². The summed E-state index contributed by atoms with van der Waals surface area (Å²) in [5, 5.41) is 8.65. The van der Waals surface area contributed by atoms with E-state index in [9.17, 15) is 9.59 Å². The molecule has 0 aromatic carbocycles. The quantitative estimate of drug-likeness (QED) is 0.664. The number of carboxylic acid groups (broad SMARTS) is 1. The van der Waals surface area contributed by atoms with Crippen LogP contribution in [0.15, 0.2) is 0 Å². The van der Waals surface area contributed by atoms with Gasteiger partial charge in [-0.1, -0.05) is 19.8 Å². The topological polar surface area (TPSA) is 83.6 Å². The second kappa shape index (κ2) is 8.15. The lowest BCUT2D eigenvalue weighted by molar-refractivity contribution is -0.145. The maximum absolute atomic E-state index is 11.9. The van der Waals surface area contributed by atoms with E-state index in [2.05, 4.69) is 6.92 Å². The van der Waals surface area contributed by atoms with Crippen LogP contribution in [0.4, 0.5) is 0 Å². The fourth-order valence-electron chi connectivity index (χ4n) is 2.71. The Kier molecular flexibility index (Phi) is 6.84. The molecule has 1 heterocycles. The first-order valence-electron chi connectivity index (χ1n) is 7.26. The fraction of sp³-hybridized carbons (Fsp3) is 0.857. The number of amides is 1. The molecule has 0 spiro atoms. The van der Waals surface area contributed by atoms with Crippen LogP contribution in [0.25, 0.3) is 0 Å². The predicted molar refractivity (Wildman–Crippen MR) is 73.6 cm³/mol. The Hall–Kier alpha value is -1.10. The maximum atomic E-state index is 11.9. The van der Waals surface area contributed by atoms with Crippen molar-refractivity contribution in [2.75, 3.05) is 19.6 Å². The summed E-state index contributed by atoms with van der Waals surface area (Å²) < 4.78 is 0. The standard InChI is InChI=1S/C14H26N2O3/c1-2-3-11(6-7-15)4-5-13(17)16-9-12(10-16)8-14(18)19/h11-12H,2-10,15H2,1H3,(H,18,19). The van der Waals surface area contributed by atoms with E-state index in [1.165, 1.54) is 0 Å². The van der Waals surface area contributed by atoms with E-state index in [0.717, 1.165) is 25.7 Å². The minimum Gasteiger partial charge on any atom is -0.481 e. The van der Waals surface area contributed by atoms with E-state index in [-0.39, 0.29) is 18.2 Å². The smallest absolute Gasteiger partial charge is 0.303 e. The Morgan fingerprint density at radius 2 is 2.00 bits per heavy atom. The molecule has 1 unspecified atom stereocenters. The molecule has 1 rings (SSSR count). The average molecular weight is 270 g/mol. The Morgan fingerprint density at radius 3 is 2.53 bits per heavy atom. The summed E-state index contributed by atoms with van der Waals surface area (Å²) in [5.41, 5.74) is 5.58. The van der Waals surface area contributed by atoms with Crippen molar-refractivity contribution >= 4 is 11.9 Å². The van der Waals surface area contributed by atoms with E-state index in [4.69, 9.17) is 10.8 Å². The highest BCUT2D eigenvalue weighted by Crippen LogP contribution is 2.22. The van der Waals surface area contributed by atoms with Gasteiger partial charge in [0.25, 0.3) is 0 Å². The molecular formula is C14H26N2O3. The monoisotopic (exact) mass is 270 g/mol. The number of carbonyl (C=O) groups excluding carboxylic acids is 1. The van der Waals surface area contributed by atoms with Gasteiger partial charge in [0.1, 0.15) is 0 Å². The molecule has 110 valence electrons. The normalized spacial score (nSPS) is 17.1. The number of carbonyl (C=O) groups is 2. The zero-order valence-corrected chi connectivity index (χ0v) is 11.8. The van der Waals surface area contributed by atoms with Gasteiger partial charge in [-0.3, -0.25) is 9.59 Å². The summed E-state index contributed by atoms with van der Waals surface area (Å²) in [6.45, 7) is 4.06. The number of aliphatic carboxylic acids is 1. The third kappa shape index (κ3) is 5.59. The summed E-state index contributed by atoms with van der Waals surface area (Å²) in [7, 11) is 0. The number of nitrogens with zero attached hydrogens (tertiary/aromatic N) is 1.